The lowest BCUT2D eigenvalue weighted by atomic mass is 10.00. The Balaban J connectivity index is 0.000000174. The third kappa shape index (κ3) is 6.44. The summed E-state index contributed by atoms with van der Waals surface area (Å²) in [5.41, 5.74) is 4.13. The van der Waals surface area contributed by atoms with E-state index in [9.17, 15) is 0 Å². The Morgan fingerprint density at radius 1 is 0.375 bits per heavy atom. The largest absolute Gasteiger partial charge is 0.134 e. The molecule has 0 aliphatic rings. The Morgan fingerprint density at radius 2 is 0.792 bits per heavy atom. The van der Waals surface area contributed by atoms with Gasteiger partial charge < -0.3 is 0 Å². The normalized spacial score (nSPS) is 11.8. The van der Waals surface area contributed by atoms with Crippen LogP contribution in [0.2, 0.25) is 0 Å². The summed E-state index contributed by atoms with van der Waals surface area (Å²) in [6, 6.07) is 42.4. The van der Waals surface area contributed by atoms with Gasteiger partial charge in [-0.25, -0.2) is 0 Å². The quantitative estimate of drug-likeness (QED) is 0.125. The summed E-state index contributed by atoms with van der Waals surface area (Å²) in [4.78, 5) is 0. The molecule has 0 bridgehead atoms. The van der Waals surface area contributed by atoms with Crippen molar-refractivity contribution in [1.29, 1.82) is 0 Å². The van der Waals surface area contributed by atoms with E-state index in [1.165, 1.54) is 134 Å². The zero-order valence-electron chi connectivity index (χ0n) is 27.5. The van der Waals surface area contributed by atoms with Crippen LogP contribution in [0.3, 0.4) is 0 Å². The smallest absolute Gasteiger partial charge is 0.0542 e. The maximum Gasteiger partial charge on any atom is 0.0542 e. The molecule has 9 aromatic rings. The molecule has 0 saturated carbocycles. The molecule has 4 heterocycles. The van der Waals surface area contributed by atoms with Gasteiger partial charge >= 0.3 is 0 Å². The highest BCUT2D eigenvalue weighted by molar-refractivity contribution is 7.37. The Kier molecular flexibility index (Phi) is 9.59. The number of aryl methyl sites for hydroxylation is 1. The third-order valence-electron chi connectivity index (χ3n) is 9.49. The van der Waals surface area contributed by atoms with E-state index in [1.807, 2.05) is 45.3 Å². The SMILES string of the molecule is CCCCCCCCCCc1ccc(-c2ccc3c(c2)sc2c4ccccc4sc32)cc1.c1ccc2c(c1)sc1c3ccccc3sc21. The Bertz CT molecular complexity index is 2380. The van der Waals surface area contributed by atoms with Crippen LogP contribution < -0.4 is 0 Å². The third-order valence-corrected chi connectivity index (χ3v) is 14.5. The van der Waals surface area contributed by atoms with Gasteiger partial charge in [-0.15, -0.1) is 45.3 Å². The van der Waals surface area contributed by atoms with Crippen LogP contribution in [0.4, 0.5) is 0 Å². The Labute approximate surface area is 299 Å². The minimum atomic E-state index is 1.21. The summed E-state index contributed by atoms with van der Waals surface area (Å²) in [5.74, 6) is 0. The minimum absolute atomic E-state index is 1.21. The van der Waals surface area contributed by atoms with E-state index >= 15 is 0 Å². The molecule has 0 radical (unpaired) electrons. The van der Waals surface area contributed by atoms with Gasteiger partial charge in [0.25, 0.3) is 0 Å². The molecule has 0 fully saturated rings. The summed E-state index contributed by atoms with van der Waals surface area (Å²) in [7, 11) is 0. The average Bonchev–Trinajstić information content (AvgIpc) is 3.88. The summed E-state index contributed by atoms with van der Waals surface area (Å²) < 4.78 is 11.4. The van der Waals surface area contributed by atoms with Crippen molar-refractivity contribution in [2.45, 2.75) is 64.7 Å². The Morgan fingerprint density at radius 3 is 1.31 bits per heavy atom. The number of fused-ring (bicyclic) bond motifs is 10. The molecule has 9 rings (SSSR count). The van der Waals surface area contributed by atoms with Gasteiger partial charge in [-0.1, -0.05) is 143 Å². The molecule has 0 N–H and O–H groups in total. The van der Waals surface area contributed by atoms with Crippen LogP contribution in [0.5, 0.6) is 0 Å². The highest BCUT2D eigenvalue weighted by Gasteiger charge is 2.13. The lowest BCUT2D eigenvalue weighted by Crippen LogP contribution is -1.87. The van der Waals surface area contributed by atoms with Crippen molar-refractivity contribution < 1.29 is 0 Å². The van der Waals surface area contributed by atoms with Crippen LogP contribution in [0.15, 0.2) is 115 Å². The molecule has 0 aliphatic heterocycles. The average molecular weight is 697 g/mol. The van der Waals surface area contributed by atoms with E-state index in [1.54, 1.807) is 0 Å². The fourth-order valence-electron chi connectivity index (χ4n) is 6.86. The molecule has 5 aromatic carbocycles. The van der Waals surface area contributed by atoms with E-state index in [2.05, 4.69) is 122 Å². The van der Waals surface area contributed by atoms with Crippen LogP contribution in [-0.2, 0) is 6.42 Å². The summed E-state index contributed by atoms with van der Waals surface area (Å²) >= 11 is 7.69. The van der Waals surface area contributed by atoms with Gasteiger partial charge in [-0.05, 0) is 53.8 Å². The molecule has 0 spiro atoms. The lowest BCUT2D eigenvalue weighted by Gasteiger charge is -2.06. The van der Waals surface area contributed by atoms with E-state index < -0.39 is 0 Å². The van der Waals surface area contributed by atoms with Crippen molar-refractivity contribution >= 4 is 104 Å². The van der Waals surface area contributed by atoms with Gasteiger partial charge in [0.1, 0.15) is 0 Å². The van der Waals surface area contributed by atoms with E-state index in [-0.39, 0.29) is 0 Å². The molecular weight excluding hydrogens is 657 g/mol. The molecule has 48 heavy (non-hydrogen) atoms. The number of thiophene rings is 4. The molecule has 0 atom stereocenters. The van der Waals surface area contributed by atoms with Crippen molar-refractivity contribution in [3.8, 4) is 11.1 Å². The van der Waals surface area contributed by atoms with Crippen molar-refractivity contribution in [2.24, 2.45) is 0 Å². The Hall–Kier alpha value is -3.54. The molecule has 0 saturated heterocycles. The zero-order chi connectivity index (χ0) is 32.3. The van der Waals surface area contributed by atoms with E-state index in [0.29, 0.717) is 0 Å². The van der Waals surface area contributed by atoms with Crippen LogP contribution in [0, 0.1) is 0 Å². The van der Waals surface area contributed by atoms with Gasteiger partial charge in [0, 0.05) is 40.3 Å². The molecule has 240 valence electrons. The van der Waals surface area contributed by atoms with Gasteiger partial charge in [-0.2, -0.15) is 0 Å². The van der Waals surface area contributed by atoms with Gasteiger partial charge in [0.05, 0.1) is 18.8 Å². The highest BCUT2D eigenvalue weighted by atomic mass is 32.1. The molecule has 4 aromatic heterocycles. The first-order valence-corrected chi connectivity index (χ1v) is 20.8. The standard InChI is InChI=1S/C30H32S2.C14H8S2/c1-2-3-4-5-6-7-8-9-12-22-15-17-23(18-16-22)24-19-20-26-28(21-24)32-29-25-13-10-11-14-27(25)31-30(26)29;1-3-7-11-9(5-1)13-14(15-11)10-6-2-4-8-12(10)16-13/h10-11,13-21H,2-9,12H2,1H3;1-8H. The highest BCUT2D eigenvalue weighted by Crippen LogP contribution is 2.45. The minimum Gasteiger partial charge on any atom is -0.134 e. The molecule has 0 aliphatic carbocycles. The van der Waals surface area contributed by atoms with Crippen LogP contribution in [-0.4, -0.2) is 0 Å². The van der Waals surface area contributed by atoms with Gasteiger partial charge in [-0.3, -0.25) is 0 Å². The molecule has 0 nitrogen and oxygen atoms in total. The lowest BCUT2D eigenvalue weighted by molar-refractivity contribution is 0.575. The monoisotopic (exact) mass is 696 g/mol. The first-order valence-electron chi connectivity index (χ1n) is 17.5. The molecular formula is C44H40S4. The number of benzene rings is 5. The second-order valence-electron chi connectivity index (χ2n) is 12.8. The molecule has 0 unspecified atom stereocenters. The van der Waals surface area contributed by atoms with Crippen molar-refractivity contribution in [3.05, 3.63) is 121 Å². The first kappa shape index (κ1) is 31.7. The summed E-state index contributed by atoms with van der Waals surface area (Å²) in [6.45, 7) is 2.29. The summed E-state index contributed by atoms with van der Waals surface area (Å²) in [6.07, 6.45) is 12.3. The fraction of sp³-hybridized carbons (Fsp3) is 0.227. The number of unbranched alkanes of at least 4 members (excludes halogenated alkanes) is 7. The maximum absolute atomic E-state index is 2.38. The first-order chi connectivity index (χ1) is 23.8. The van der Waals surface area contributed by atoms with Crippen LogP contribution in [0.25, 0.3) is 70.3 Å². The predicted octanol–water partition coefficient (Wildman–Crippen LogP) is 15.9. The second kappa shape index (κ2) is 14.5. The van der Waals surface area contributed by atoms with E-state index in [4.69, 9.17) is 0 Å². The van der Waals surface area contributed by atoms with Crippen molar-refractivity contribution in [2.75, 3.05) is 0 Å². The number of hydrogen-bond acceptors (Lipinski definition) is 4. The van der Waals surface area contributed by atoms with Gasteiger partial charge in [0.15, 0.2) is 0 Å². The zero-order valence-corrected chi connectivity index (χ0v) is 30.7. The molecule has 0 amide bonds. The van der Waals surface area contributed by atoms with Gasteiger partial charge in [0.2, 0.25) is 0 Å². The van der Waals surface area contributed by atoms with Crippen LogP contribution in [0.1, 0.15) is 63.9 Å². The van der Waals surface area contributed by atoms with E-state index in [0.717, 1.165) is 0 Å². The maximum atomic E-state index is 2.38. The molecule has 4 heteroatoms. The second-order valence-corrected chi connectivity index (χ2v) is 17.1. The van der Waals surface area contributed by atoms with Crippen molar-refractivity contribution in [1.82, 2.24) is 0 Å². The topological polar surface area (TPSA) is 0 Å². The number of rotatable bonds is 10. The number of hydrogen-bond donors (Lipinski definition) is 0. The fourth-order valence-corrected chi connectivity index (χ4v) is 12.2. The predicted molar refractivity (Wildman–Crippen MR) is 221 cm³/mol. The van der Waals surface area contributed by atoms with Crippen LogP contribution >= 0.6 is 45.3 Å². The van der Waals surface area contributed by atoms with Crippen molar-refractivity contribution in [3.63, 3.8) is 0 Å². The summed E-state index contributed by atoms with van der Waals surface area (Å²) in [5, 5.41) is 5.62.